The van der Waals surface area contributed by atoms with Gasteiger partial charge in [-0.2, -0.15) is 30.7 Å². The topological polar surface area (TPSA) is 50.4 Å². The average molecular weight is 630 g/mol. The van der Waals surface area contributed by atoms with Crippen molar-refractivity contribution in [3.05, 3.63) is 130 Å². The zero-order valence-corrected chi connectivity index (χ0v) is 22.0. The maximum absolute atomic E-state index is 14.7. The van der Waals surface area contributed by atoms with Crippen LogP contribution in [-0.4, -0.2) is 18.4 Å². The third kappa shape index (κ3) is 7.79. The van der Waals surface area contributed by atoms with Crippen molar-refractivity contribution in [3.63, 3.8) is 0 Å². The molecule has 0 spiro atoms. The minimum atomic E-state index is -5.17. The van der Waals surface area contributed by atoms with E-state index in [-0.39, 0.29) is 23.9 Å². The molecule has 14 heteroatoms. The molecule has 44 heavy (non-hydrogen) atoms. The third-order valence-electron chi connectivity index (χ3n) is 6.19. The maximum atomic E-state index is 14.7. The standard InChI is InChI=1S/C30H20F10N2O2/c31-20-10-19(11-21(14-20)44-30(39,40)28(34)35)26(42-27(43)18-7-8-23(32)22(12-18)29(36,37)38)17-6-9-24(33)25(13-17)41-15-16-4-2-1-3-5-16/h1-14,26,28,41H,15H2,(H,42,43). The van der Waals surface area contributed by atoms with Gasteiger partial charge in [0.15, 0.2) is 0 Å². The SMILES string of the molecule is O=C(NC(c1cc(F)cc(OC(F)(F)C(F)F)c1)c1ccc(F)c(NCc2ccccc2)c1)c1ccc(F)c(C(F)(F)F)c1. The van der Waals surface area contributed by atoms with Gasteiger partial charge in [0.2, 0.25) is 0 Å². The molecule has 0 aromatic heterocycles. The molecular weight excluding hydrogens is 610 g/mol. The van der Waals surface area contributed by atoms with E-state index in [1.807, 2.05) is 0 Å². The number of amides is 1. The van der Waals surface area contributed by atoms with E-state index in [1.54, 1.807) is 30.3 Å². The monoisotopic (exact) mass is 630 g/mol. The largest absolute Gasteiger partial charge is 0.461 e. The van der Waals surface area contributed by atoms with Gasteiger partial charge in [0.25, 0.3) is 5.91 Å². The van der Waals surface area contributed by atoms with Crippen LogP contribution in [0.1, 0.15) is 38.7 Å². The highest BCUT2D eigenvalue weighted by Gasteiger charge is 2.44. The molecule has 0 saturated carbocycles. The zero-order chi connectivity index (χ0) is 32.2. The summed E-state index contributed by atoms with van der Waals surface area (Å²) in [6.45, 7) is 0.120. The van der Waals surface area contributed by atoms with Crippen molar-refractivity contribution in [1.82, 2.24) is 5.32 Å². The van der Waals surface area contributed by atoms with Gasteiger partial charge in [0.1, 0.15) is 23.2 Å². The van der Waals surface area contributed by atoms with E-state index < -0.39 is 70.6 Å². The van der Waals surface area contributed by atoms with Gasteiger partial charge in [-0.3, -0.25) is 4.79 Å². The van der Waals surface area contributed by atoms with Crippen LogP contribution in [0.3, 0.4) is 0 Å². The lowest BCUT2D eigenvalue weighted by Crippen LogP contribution is -2.33. The van der Waals surface area contributed by atoms with Crippen molar-refractivity contribution in [2.24, 2.45) is 0 Å². The Kier molecular flexibility index (Phi) is 9.40. The fourth-order valence-electron chi connectivity index (χ4n) is 4.12. The van der Waals surface area contributed by atoms with Crippen molar-refractivity contribution >= 4 is 11.6 Å². The molecule has 1 amide bonds. The summed E-state index contributed by atoms with van der Waals surface area (Å²) in [5.74, 6) is -6.04. The molecule has 1 unspecified atom stereocenters. The Labute approximate surface area is 243 Å². The van der Waals surface area contributed by atoms with E-state index in [2.05, 4.69) is 15.4 Å². The molecule has 1 atom stereocenters. The number of benzene rings is 4. The number of hydrogen-bond donors (Lipinski definition) is 2. The first-order chi connectivity index (χ1) is 20.6. The van der Waals surface area contributed by atoms with E-state index in [4.69, 9.17) is 0 Å². The zero-order valence-electron chi connectivity index (χ0n) is 22.0. The lowest BCUT2D eigenvalue weighted by atomic mass is 9.96. The normalized spacial score (nSPS) is 12.6. The molecule has 4 nitrogen and oxygen atoms in total. The van der Waals surface area contributed by atoms with Crippen LogP contribution < -0.4 is 15.4 Å². The summed E-state index contributed by atoms with van der Waals surface area (Å²) in [5, 5.41) is 5.11. The molecule has 0 fully saturated rings. The van der Waals surface area contributed by atoms with Crippen LogP contribution >= 0.6 is 0 Å². The predicted molar refractivity (Wildman–Crippen MR) is 139 cm³/mol. The number of nitrogens with one attached hydrogen (secondary N) is 2. The molecule has 0 heterocycles. The van der Waals surface area contributed by atoms with Crippen molar-refractivity contribution in [3.8, 4) is 5.75 Å². The molecule has 0 radical (unpaired) electrons. The summed E-state index contributed by atoms with van der Waals surface area (Å²) in [7, 11) is 0. The van der Waals surface area contributed by atoms with Crippen molar-refractivity contribution in [2.75, 3.05) is 5.32 Å². The highest BCUT2D eigenvalue weighted by molar-refractivity contribution is 5.95. The third-order valence-corrected chi connectivity index (χ3v) is 6.19. The summed E-state index contributed by atoms with van der Waals surface area (Å²) in [6.07, 6.45) is -14.5. The van der Waals surface area contributed by atoms with Crippen LogP contribution in [-0.2, 0) is 12.7 Å². The molecule has 0 bridgehead atoms. The van der Waals surface area contributed by atoms with Gasteiger partial charge in [-0.15, -0.1) is 0 Å². The van der Waals surface area contributed by atoms with Crippen LogP contribution in [0.4, 0.5) is 49.6 Å². The number of carbonyl (C=O) groups is 1. The van der Waals surface area contributed by atoms with E-state index in [1.165, 1.54) is 0 Å². The number of hydrogen-bond acceptors (Lipinski definition) is 3. The molecular formula is C30H20F10N2O2. The van der Waals surface area contributed by atoms with Gasteiger partial charge in [-0.05, 0) is 59.2 Å². The first-order valence-corrected chi connectivity index (χ1v) is 12.5. The molecule has 232 valence electrons. The second kappa shape index (κ2) is 12.9. The number of alkyl halides is 7. The minimum absolute atomic E-state index is 0.0364. The highest BCUT2D eigenvalue weighted by atomic mass is 19.4. The van der Waals surface area contributed by atoms with Gasteiger partial charge in [0.05, 0.1) is 17.3 Å². The quantitative estimate of drug-likeness (QED) is 0.173. The predicted octanol–water partition coefficient (Wildman–Crippen LogP) is 8.49. The Morgan fingerprint density at radius 2 is 1.45 bits per heavy atom. The van der Waals surface area contributed by atoms with E-state index >= 15 is 0 Å². The van der Waals surface area contributed by atoms with E-state index in [9.17, 15) is 48.7 Å². The molecule has 4 aromatic carbocycles. The molecule has 0 aliphatic carbocycles. The van der Waals surface area contributed by atoms with E-state index in [0.29, 0.717) is 24.3 Å². The lowest BCUT2D eigenvalue weighted by Gasteiger charge is -2.23. The summed E-state index contributed by atoms with van der Waals surface area (Å²) >= 11 is 0. The van der Waals surface area contributed by atoms with Crippen LogP contribution in [0, 0.1) is 17.5 Å². The Morgan fingerprint density at radius 3 is 2.11 bits per heavy atom. The fraction of sp³-hybridized carbons (Fsp3) is 0.167. The van der Waals surface area contributed by atoms with Crippen molar-refractivity contribution < 1.29 is 53.4 Å². The Morgan fingerprint density at radius 1 is 0.773 bits per heavy atom. The summed E-state index contributed by atoms with van der Waals surface area (Å²) < 4.78 is 140. The van der Waals surface area contributed by atoms with E-state index in [0.717, 1.165) is 29.8 Å². The summed E-state index contributed by atoms with van der Waals surface area (Å²) in [4.78, 5) is 13.1. The van der Waals surface area contributed by atoms with Gasteiger partial charge in [-0.1, -0.05) is 36.4 Å². The Balaban J connectivity index is 1.76. The molecule has 4 rings (SSSR count). The number of carbonyl (C=O) groups excluding carboxylic acids is 1. The van der Waals surface area contributed by atoms with Crippen LogP contribution in [0.5, 0.6) is 5.75 Å². The smallest absolute Gasteiger partial charge is 0.428 e. The second-order valence-corrected chi connectivity index (χ2v) is 9.36. The Hall–Kier alpha value is -4.75. The molecule has 2 N–H and O–H groups in total. The molecule has 0 aliphatic heterocycles. The van der Waals surface area contributed by atoms with Crippen LogP contribution in [0.2, 0.25) is 0 Å². The molecule has 4 aromatic rings. The molecule has 0 saturated heterocycles. The summed E-state index contributed by atoms with van der Waals surface area (Å²) in [6, 6.07) is 13.4. The van der Waals surface area contributed by atoms with Gasteiger partial charge in [-0.25, -0.2) is 13.2 Å². The highest BCUT2D eigenvalue weighted by Crippen LogP contribution is 2.35. The van der Waals surface area contributed by atoms with Crippen molar-refractivity contribution in [2.45, 2.75) is 31.3 Å². The Bertz CT molecular complexity index is 1630. The number of anilines is 1. The number of rotatable bonds is 10. The number of ether oxygens (including phenoxy) is 1. The molecule has 0 aliphatic rings. The van der Waals surface area contributed by atoms with Gasteiger partial charge < -0.3 is 15.4 Å². The van der Waals surface area contributed by atoms with Crippen LogP contribution in [0.25, 0.3) is 0 Å². The van der Waals surface area contributed by atoms with Gasteiger partial charge >= 0.3 is 18.7 Å². The first kappa shape index (κ1) is 32.2. The minimum Gasteiger partial charge on any atom is -0.428 e. The number of halogens is 10. The van der Waals surface area contributed by atoms with Crippen LogP contribution in [0.15, 0.2) is 84.9 Å². The maximum Gasteiger partial charge on any atom is 0.461 e. The second-order valence-electron chi connectivity index (χ2n) is 9.36. The van der Waals surface area contributed by atoms with Crippen molar-refractivity contribution in [1.29, 1.82) is 0 Å². The fourth-order valence-corrected chi connectivity index (χ4v) is 4.12. The summed E-state index contributed by atoms with van der Waals surface area (Å²) in [5.41, 5.74) is -2.27. The average Bonchev–Trinajstić information content (AvgIpc) is 2.95. The van der Waals surface area contributed by atoms with Gasteiger partial charge in [0, 0.05) is 18.2 Å². The first-order valence-electron chi connectivity index (χ1n) is 12.5. The lowest BCUT2D eigenvalue weighted by molar-refractivity contribution is -0.253.